The lowest BCUT2D eigenvalue weighted by Crippen LogP contribution is -2.36. The molecule has 20 heavy (non-hydrogen) atoms. The number of pyridine rings is 1. The maximum Gasteiger partial charge on any atom is 0.329 e. The van der Waals surface area contributed by atoms with Crippen LogP contribution in [0.15, 0.2) is 30.2 Å². The van der Waals surface area contributed by atoms with Crippen molar-refractivity contribution in [1.29, 1.82) is 0 Å². The number of imide groups is 1. The first-order chi connectivity index (χ1) is 9.58. The monoisotopic (exact) mass is 270 g/mol. The zero-order valence-corrected chi connectivity index (χ0v) is 11.2. The number of fused-ring (bicyclic) bond motifs is 1. The zero-order valence-electron chi connectivity index (χ0n) is 11.2. The molecule has 0 spiro atoms. The minimum absolute atomic E-state index is 0.172. The Bertz CT molecular complexity index is 730. The van der Waals surface area contributed by atoms with Crippen LogP contribution in [0.1, 0.15) is 19.4 Å². The highest BCUT2D eigenvalue weighted by atomic mass is 16.2. The molecule has 1 saturated heterocycles. The standard InChI is InChI=1S/C14H14N4O2/c1-8(2)18-13(19)11(17-14(18)20)6-9-7-16-10-4-3-5-15-12(9)10/h3-8,16H,1-2H3,(H,17,20)/b11-6-. The van der Waals surface area contributed by atoms with Gasteiger partial charge in [-0.1, -0.05) is 0 Å². The maximum absolute atomic E-state index is 12.2. The molecule has 3 heterocycles. The number of H-pyrrole nitrogens is 1. The quantitative estimate of drug-likeness (QED) is 0.646. The van der Waals surface area contributed by atoms with Crippen LogP contribution in [0.5, 0.6) is 0 Å². The van der Waals surface area contributed by atoms with Crippen LogP contribution in [0.2, 0.25) is 0 Å². The largest absolute Gasteiger partial charge is 0.359 e. The summed E-state index contributed by atoms with van der Waals surface area (Å²) in [5.41, 5.74) is 2.70. The van der Waals surface area contributed by atoms with Crippen molar-refractivity contribution in [1.82, 2.24) is 20.2 Å². The Balaban J connectivity index is 2.01. The number of nitrogens with one attached hydrogen (secondary N) is 2. The number of hydrogen-bond donors (Lipinski definition) is 2. The van der Waals surface area contributed by atoms with E-state index in [1.807, 2.05) is 12.1 Å². The highest BCUT2D eigenvalue weighted by molar-refractivity contribution is 6.14. The summed E-state index contributed by atoms with van der Waals surface area (Å²) in [6, 6.07) is 3.18. The fourth-order valence-corrected chi connectivity index (χ4v) is 2.26. The van der Waals surface area contributed by atoms with Gasteiger partial charge in [0.15, 0.2) is 0 Å². The number of urea groups is 1. The van der Waals surface area contributed by atoms with Gasteiger partial charge in [-0.2, -0.15) is 0 Å². The second kappa shape index (κ2) is 4.48. The summed E-state index contributed by atoms with van der Waals surface area (Å²) in [5.74, 6) is -0.310. The lowest BCUT2D eigenvalue weighted by atomic mass is 10.2. The molecule has 6 nitrogen and oxygen atoms in total. The molecule has 0 saturated carbocycles. The summed E-state index contributed by atoms with van der Waals surface area (Å²) >= 11 is 0. The van der Waals surface area contributed by atoms with E-state index in [0.717, 1.165) is 16.6 Å². The fraction of sp³-hybridized carbons (Fsp3) is 0.214. The minimum atomic E-state index is -0.385. The average Bonchev–Trinajstić information content (AvgIpc) is 2.93. The molecule has 3 amide bonds. The summed E-state index contributed by atoms with van der Waals surface area (Å²) in [4.78, 5) is 32.5. The Labute approximate surface area is 115 Å². The molecular weight excluding hydrogens is 256 g/mol. The predicted molar refractivity (Wildman–Crippen MR) is 74.6 cm³/mol. The summed E-state index contributed by atoms with van der Waals surface area (Å²) in [6.07, 6.45) is 5.10. The van der Waals surface area contributed by atoms with E-state index in [9.17, 15) is 9.59 Å². The molecule has 0 unspecified atom stereocenters. The number of hydrogen-bond acceptors (Lipinski definition) is 3. The predicted octanol–water partition coefficient (Wildman–Crippen LogP) is 1.86. The van der Waals surface area contributed by atoms with Crippen molar-refractivity contribution in [2.24, 2.45) is 0 Å². The Morgan fingerprint density at radius 3 is 2.85 bits per heavy atom. The van der Waals surface area contributed by atoms with Crippen molar-refractivity contribution in [2.45, 2.75) is 19.9 Å². The van der Waals surface area contributed by atoms with E-state index >= 15 is 0 Å². The molecule has 6 heteroatoms. The van der Waals surface area contributed by atoms with Crippen LogP contribution >= 0.6 is 0 Å². The van der Waals surface area contributed by atoms with Gasteiger partial charge in [0, 0.05) is 24.0 Å². The first-order valence-corrected chi connectivity index (χ1v) is 6.36. The van der Waals surface area contributed by atoms with Crippen LogP contribution in [-0.4, -0.2) is 32.8 Å². The van der Waals surface area contributed by atoms with E-state index in [1.165, 1.54) is 4.90 Å². The average molecular weight is 270 g/mol. The number of aromatic amines is 1. The third kappa shape index (κ3) is 1.85. The van der Waals surface area contributed by atoms with Gasteiger partial charge in [-0.15, -0.1) is 0 Å². The normalized spacial score (nSPS) is 17.6. The summed E-state index contributed by atoms with van der Waals surface area (Å²) in [5, 5.41) is 2.59. The topological polar surface area (TPSA) is 78.1 Å². The van der Waals surface area contributed by atoms with E-state index in [4.69, 9.17) is 0 Å². The van der Waals surface area contributed by atoms with Crippen LogP contribution in [0.4, 0.5) is 4.79 Å². The molecule has 2 aromatic heterocycles. The molecule has 0 aromatic carbocycles. The maximum atomic E-state index is 12.2. The Hall–Kier alpha value is -2.63. The van der Waals surface area contributed by atoms with Crippen molar-refractivity contribution in [2.75, 3.05) is 0 Å². The summed E-state index contributed by atoms with van der Waals surface area (Å²) in [6.45, 7) is 3.60. The zero-order chi connectivity index (χ0) is 14.3. The number of amides is 3. The SMILES string of the molecule is CC(C)N1C(=O)N/C(=C\c2c[nH]c3cccnc23)C1=O. The number of rotatable bonds is 2. The minimum Gasteiger partial charge on any atom is -0.359 e. The second-order valence-electron chi connectivity index (χ2n) is 4.90. The highest BCUT2D eigenvalue weighted by Crippen LogP contribution is 2.20. The molecule has 2 N–H and O–H groups in total. The van der Waals surface area contributed by atoms with E-state index in [-0.39, 0.29) is 23.7 Å². The molecule has 0 atom stereocenters. The Kier molecular flexibility index (Phi) is 2.78. The first kappa shape index (κ1) is 12.4. The number of aromatic nitrogens is 2. The number of carbonyl (C=O) groups is 2. The Morgan fingerprint density at radius 1 is 1.35 bits per heavy atom. The van der Waals surface area contributed by atoms with Crippen LogP contribution in [-0.2, 0) is 4.79 Å². The second-order valence-corrected chi connectivity index (χ2v) is 4.90. The van der Waals surface area contributed by atoms with Gasteiger partial charge >= 0.3 is 6.03 Å². The van der Waals surface area contributed by atoms with Gasteiger partial charge in [-0.3, -0.25) is 14.7 Å². The van der Waals surface area contributed by atoms with Gasteiger partial charge < -0.3 is 10.3 Å². The third-order valence-electron chi connectivity index (χ3n) is 3.19. The van der Waals surface area contributed by atoms with Gasteiger partial charge in [-0.25, -0.2) is 4.79 Å². The molecule has 1 aliphatic rings. The molecule has 1 fully saturated rings. The summed E-state index contributed by atoms with van der Waals surface area (Å²) in [7, 11) is 0. The molecule has 102 valence electrons. The number of carbonyl (C=O) groups excluding carboxylic acids is 2. The smallest absolute Gasteiger partial charge is 0.329 e. The van der Waals surface area contributed by atoms with E-state index in [0.29, 0.717) is 0 Å². The molecule has 3 rings (SSSR count). The number of nitrogens with zero attached hydrogens (tertiary/aromatic N) is 2. The van der Waals surface area contributed by atoms with Crippen molar-refractivity contribution >= 4 is 29.0 Å². The van der Waals surface area contributed by atoms with Gasteiger partial charge in [0.2, 0.25) is 0 Å². The van der Waals surface area contributed by atoms with Gasteiger partial charge in [0.05, 0.1) is 11.0 Å². The molecule has 0 radical (unpaired) electrons. The summed E-state index contributed by atoms with van der Waals surface area (Å²) < 4.78 is 0. The van der Waals surface area contributed by atoms with Gasteiger partial charge in [0.25, 0.3) is 5.91 Å². The lowest BCUT2D eigenvalue weighted by molar-refractivity contribution is -0.123. The van der Waals surface area contributed by atoms with Crippen LogP contribution in [0.3, 0.4) is 0 Å². The first-order valence-electron chi connectivity index (χ1n) is 6.36. The van der Waals surface area contributed by atoms with Gasteiger partial charge in [-0.05, 0) is 32.1 Å². The van der Waals surface area contributed by atoms with E-state index in [1.54, 1.807) is 32.3 Å². The van der Waals surface area contributed by atoms with Crippen LogP contribution in [0.25, 0.3) is 17.1 Å². The van der Waals surface area contributed by atoms with Crippen molar-refractivity contribution < 1.29 is 9.59 Å². The van der Waals surface area contributed by atoms with Crippen LogP contribution < -0.4 is 5.32 Å². The van der Waals surface area contributed by atoms with Crippen LogP contribution in [0, 0.1) is 0 Å². The molecule has 2 aromatic rings. The third-order valence-corrected chi connectivity index (χ3v) is 3.19. The van der Waals surface area contributed by atoms with Crippen molar-refractivity contribution in [3.8, 4) is 0 Å². The van der Waals surface area contributed by atoms with Crippen molar-refractivity contribution in [3.63, 3.8) is 0 Å². The highest BCUT2D eigenvalue weighted by Gasteiger charge is 2.35. The lowest BCUT2D eigenvalue weighted by Gasteiger charge is -2.15. The van der Waals surface area contributed by atoms with E-state index < -0.39 is 0 Å². The van der Waals surface area contributed by atoms with Crippen molar-refractivity contribution in [3.05, 3.63) is 35.8 Å². The molecular formula is C14H14N4O2. The van der Waals surface area contributed by atoms with E-state index in [2.05, 4.69) is 15.3 Å². The van der Waals surface area contributed by atoms with Gasteiger partial charge in [0.1, 0.15) is 5.70 Å². The Morgan fingerprint density at radius 2 is 2.15 bits per heavy atom. The molecule has 1 aliphatic heterocycles. The molecule has 0 bridgehead atoms. The molecule has 0 aliphatic carbocycles. The fourth-order valence-electron chi connectivity index (χ4n) is 2.26.